The predicted octanol–water partition coefficient (Wildman–Crippen LogP) is 2.11. The summed E-state index contributed by atoms with van der Waals surface area (Å²) in [6, 6.07) is 2.51. The van der Waals surface area contributed by atoms with Gasteiger partial charge in [0.05, 0.1) is 11.4 Å². The van der Waals surface area contributed by atoms with Crippen molar-refractivity contribution in [2.24, 2.45) is 5.92 Å². The first kappa shape index (κ1) is 22.3. The first-order chi connectivity index (χ1) is 14.9. The number of rotatable bonds is 6. The van der Waals surface area contributed by atoms with Gasteiger partial charge in [0.15, 0.2) is 11.6 Å². The summed E-state index contributed by atoms with van der Waals surface area (Å²) in [6.07, 6.45) is 3.03. The van der Waals surface area contributed by atoms with Crippen LogP contribution in [0.15, 0.2) is 18.5 Å². The molecule has 1 aliphatic heterocycles. The fourth-order valence-electron chi connectivity index (χ4n) is 3.52. The second kappa shape index (κ2) is 10.1. The molecule has 3 heterocycles. The van der Waals surface area contributed by atoms with Gasteiger partial charge in [0.1, 0.15) is 12.0 Å². The number of hydrogen-bond acceptors (Lipinski definition) is 6. The molecule has 2 aromatic rings. The molecule has 3 N–H and O–H groups in total. The zero-order valence-corrected chi connectivity index (χ0v) is 17.4. The van der Waals surface area contributed by atoms with Gasteiger partial charge in [-0.2, -0.15) is 4.39 Å². The fraction of sp³-hybridized carbons (Fsp3) is 0.450. The zero-order valence-electron chi connectivity index (χ0n) is 17.4. The van der Waals surface area contributed by atoms with Crippen LogP contribution in [0.25, 0.3) is 0 Å². The van der Waals surface area contributed by atoms with Gasteiger partial charge in [-0.1, -0.05) is 0 Å². The van der Waals surface area contributed by atoms with Gasteiger partial charge in [-0.15, -0.1) is 0 Å². The van der Waals surface area contributed by atoms with Crippen molar-refractivity contribution in [2.45, 2.75) is 26.2 Å². The number of amides is 3. The second-order valence-corrected chi connectivity index (χ2v) is 7.19. The van der Waals surface area contributed by atoms with Crippen molar-refractivity contribution >= 4 is 23.4 Å². The molecule has 3 amide bonds. The molecule has 11 heteroatoms. The van der Waals surface area contributed by atoms with Crippen LogP contribution in [0.5, 0.6) is 0 Å². The minimum absolute atomic E-state index is 0.0231. The van der Waals surface area contributed by atoms with E-state index in [4.69, 9.17) is 0 Å². The van der Waals surface area contributed by atoms with Crippen LogP contribution >= 0.6 is 0 Å². The molecule has 1 aliphatic rings. The Bertz CT molecular complexity index is 949. The van der Waals surface area contributed by atoms with Gasteiger partial charge in [-0.25, -0.2) is 24.1 Å². The van der Waals surface area contributed by atoms with Crippen LogP contribution in [0.3, 0.4) is 0 Å². The number of anilines is 2. The summed E-state index contributed by atoms with van der Waals surface area (Å²) >= 11 is 0. The van der Waals surface area contributed by atoms with Crippen LogP contribution < -0.4 is 20.9 Å². The Labute approximate surface area is 178 Å². The molecule has 3 rings (SSSR count). The van der Waals surface area contributed by atoms with E-state index in [0.717, 1.165) is 0 Å². The van der Waals surface area contributed by atoms with Crippen LogP contribution in [0.2, 0.25) is 0 Å². The van der Waals surface area contributed by atoms with Crippen molar-refractivity contribution in [1.82, 2.24) is 25.6 Å². The smallest absolute Gasteiger partial charge is 0.320 e. The number of carbonyl (C=O) groups excluding carboxylic acids is 2. The molecule has 166 valence electrons. The summed E-state index contributed by atoms with van der Waals surface area (Å²) < 4.78 is 29.1. The van der Waals surface area contributed by atoms with E-state index in [0.29, 0.717) is 44.6 Å². The van der Waals surface area contributed by atoms with Crippen molar-refractivity contribution in [3.8, 4) is 0 Å². The van der Waals surface area contributed by atoms with Gasteiger partial charge in [-0.3, -0.25) is 10.1 Å². The maximum absolute atomic E-state index is 14.7. The highest BCUT2D eigenvalue weighted by molar-refractivity contribution is 5.92. The summed E-state index contributed by atoms with van der Waals surface area (Å²) in [5.74, 6) is -1.78. The average molecular weight is 433 g/mol. The van der Waals surface area contributed by atoms with Crippen molar-refractivity contribution < 1.29 is 18.4 Å². The van der Waals surface area contributed by atoms with Crippen LogP contribution in [-0.2, 0) is 6.42 Å². The van der Waals surface area contributed by atoms with E-state index >= 15 is 0 Å². The number of pyridine rings is 1. The number of halogens is 2. The first-order valence-electron chi connectivity index (χ1n) is 10.1. The SMILES string of the molecule is CCNC(=O)Nc1ncnc(CC2CCN(c3ccc(C(=O)NC)nc3F)CC2)c1F. The van der Waals surface area contributed by atoms with Crippen molar-refractivity contribution in [1.29, 1.82) is 0 Å². The molecule has 2 aromatic heterocycles. The number of nitrogens with zero attached hydrogens (tertiary/aromatic N) is 4. The molecule has 9 nitrogen and oxygen atoms in total. The molecule has 0 saturated carbocycles. The molecule has 0 radical (unpaired) electrons. The Morgan fingerprint density at radius 2 is 1.94 bits per heavy atom. The van der Waals surface area contributed by atoms with Gasteiger partial charge in [0, 0.05) is 26.7 Å². The third-order valence-corrected chi connectivity index (χ3v) is 5.16. The standard InChI is InChI=1S/C20H25F2N7O2/c1-3-24-20(31)28-18-16(21)14(25-11-26-18)10-12-6-8-29(9-7-12)15-5-4-13(19(30)23-2)27-17(15)22/h4-5,11-12H,3,6-10H2,1-2H3,(H,23,30)(H2,24,25,26,28,31). The van der Waals surface area contributed by atoms with Crippen LogP contribution in [-0.4, -0.2) is 53.6 Å². The van der Waals surface area contributed by atoms with Gasteiger partial charge >= 0.3 is 6.03 Å². The van der Waals surface area contributed by atoms with Crippen LogP contribution in [0, 0.1) is 17.7 Å². The summed E-state index contributed by atoms with van der Waals surface area (Å²) in [7, 11) is 1.46. The monoisotopic (exact) mass is 433 g/mol. The number of aromatic nitrogens is 3. The number of nitrogens with one attached hydrogen (secondary N) is 3. The lowest BCUT2D eigenvalue weighted by Crippen LogP contribution is -2.35. The molecule has 0 atom stereocenters. The fourth-order valence-corrected chi connectivity index (χ4v) is 3.52. The van der Waals surface area contributed by atoms with Crippen molar-refractivity contribution in [3.05, 3.63) is 41.6 Å². The van der Waals surface area contributed by atoms with E-state index in [1.165, 1.54) is 19.4 Å². The number of urea groups is 1. The molecule has 0 aromatic carbocycles. The summed E-state index contributed by atoms with van der Waals surface area (Å²) in [5.41, 5.74) is 0.602. The Balaban J connectivity index is 1.61. The highest BCUT2D eigenvalue weighted by atomic mass is 19.1. The maximum Gasteiger partial charge on any atom is 0.320 e. The Morgan fingerprint density at radius 1 is 1.19 bits per heavy atom. The predicted molar refractivity (Wildman–Crippen MR) is 111 cm³/mol. The molecular formula is C20H25F2N7O2. The average Bonchev–Trinajstić information content (AvgIpc) is 2.76. The largest absolute Gasteiger partial charge is 0.368 e. The molecular weight excluding hydrogens is 408 g/mol. The minimum Gasteiger partial charge on any atom is -0.368 e. The highest BCUT2D eigenvalue weighted by Gasteiger charge is 2.25. The third kappa shape index (κ3) is 5.41. The maximum atomic E-state index is 14.7. The quantitative estimate of drug-likeness (QED) is 0.602. The van der Waals surface area contributed by atoms with E-state index in [1.54, 1.807) is 13.0 Å². The molecule has 0 bridgehead atoms. The molecule has 0 spiro atoms. The van der Waals surface area contributed by atoms with E-state index in [1.807, 2.05) is 4.90 Å². The lowest BCUT2D eigenvalue weighted by atomic mass is 9.91. The van der Waals surface area contributed by atoms with Crippen molar-refractivity contribution in [3.63, 3.8) is 0 Å². The molecule has 0 aliphatic carbocycles. The van der Waals surface area contributed by atoms with Crippen LogP contribution in [0.1, 0.15) is 35.9 Å². The lowest BCUT2D eigenvalue weighted by Gasteiger charge is -2.33. The summed E-state index contributed by atoms with van der Waals surface area (Å²) in [6.45, 7) is 3.30. The molecule has 0 unspecified atom stereocenters. The third-order valence-electron chi connectivity index (χ3n) is 5.16. The summed E-state index contributed by atoms with van der Waals surface area (Å²) in [5, 5.41) is 7.31. The molecule has 31 heavy (non-hydrogen) atoms. The Morgan fingerprint density at radius 3 is 2.58 bits per heavy atom. The van der Waals surface area contributed by atoms with E-state index < -0.39 is 23.7 Å². The topological polar surface area (TPSA) is 112 Å². The first-order valence-corrected chi connectivity index (χ1v) is 10.1. The minimum atomic E-state index is -0.692. The molecule has 1 fully saturated rings. The lowest BCUT2D eigenvalue weighted by molar-refractivity contribution is 0.0957. The highest BCUT2D eigenvalue weighted by Crippen LogP contribution is 2.28. The molecule has 1 saturated heterocycles. The van der Waals surface area contributed by atoms with Gasteiger partial charge in [0.2, 0.25) is 5.95 Å². The Kier molecular flexibility index (Phi) is 7.27. The van der Waals surface area contributed by atoms with Gasteiger partial charge in [-0.05, 0) is 44.2 Å². The number of piperidine rings is 1. The van der Waals surface area contributed by atoms with Crippen molar-refractivity contribution in [2.75, 3.05) is 36.9 Å². The van der Waals surface area contributed by atoms with Gasteiger partial charge < -0.3 is 15.5 Å². The second-order valence-electron chi connectivity index (χ2n) is 7.19. The van der Waals surface area contributed by atoms with E-state index in [-0.39, 0.29) is 23.1 Å². The Hall–Kier alpha value is -3.37. The van der Waals surface area contributed by atoms with Crippen LogP contribution in [0.4, 0.5) is 25.1 Å². The van der Waals surface area contributed by atoms with E-state index in [2.05, 4.69) is 30.9 Å². The number of carbonyl (C=O) groups is 2. The van der Waals surface area contributed by atoms with Gasteiger partial charge in [0.25, 0.3) is 5.91 Å². The van der Waals surface area contributed by atoms with E-state index in [9.17, 15) is 18.4 Å². The zero-order chi connectivity index (χ0) is 22.4. The number of hydrogen-bond donors (Lipinski definition) is 3. The normalized spacial score (nSPS) is 14.3. The summed E-state index contributed by atoms with van der Waals surface area (Å²) in [4.78, 5) is 36.7.